The third kappa shape index (κ3) is 5.87. The first-order chi connectivity index (χ1) is 12.4. The molecule has 0 aliphatic heterocycles. The molecule has 0 unspecified atom stereocenters. The summed E-state index contributed by atoms with van der Waals surface area (Å²) in [5, 5.41) is 6.26. The van der Waals surface area contributed by atoms with Gasteiger partial charge in [-0.05, 0) is 39.3 Å². The molecule has 0 aliphatic rings. The van der Waals surface area contributed by atoms with Crippen molar-refractivity contribution in [3.05, 3.63) is 47.7 Å². The lowest BCUT2D eigenvalue weighted by atomic mass is 10.4. The van der Waals surface area contributed by atoms with Gasteiger partial charge in [-0.25, -0.2) is 18.4 Å². The van der Waals surface area contributed by atoms with Crippen LogP contribution in [0, 0.1) is 13.8 Å². The summed E-state index contributed by atoms with van der Waals surface area (Å²) in [6.45, 7) is 7.26. The van der Waals surface area contributed by atoms with Crippen LogP contribution in [0.3, 0.4) is 0 Å². The monoisotopic (exact) mass is 378 g/mol. The highest BCUT2D eigenvalue weighted by Crippen LogP contribution is 2.11. The second-order valence-electron chi connectivity index (χ2n) is 5.86. The summed E-state index contributed by atoms with van der Waals surface area (Å²) in [6.07, 6.45) is 0.485. The van der Waals surface area contributed by atoms with E-state index in [2.05, 4.69) is 20.6 Å². The van der Waals surface area contributed by atoms with Crippen molar-refractivity contribution in [3.8, 4) is 0 Å². The Morgan fingerprint density at radius 2 is 1.92 bits per heavy atom. The molecule has 7 nitrogen and oxygen atoms in total. The van der Waals surface area contributed by atoms with Crippen LogP contribution in [0.5, 0.6) is 0 Å². The van der Waals surface area contributed by atoms with Gasteiger partial charge in [0.15, 0.2) is 15.8 Å². The Kier molecular flexibility index (Phi) is 7.20. The largest absolute Gasteiger partial charge is 0.444 e. The van der Waals surface area contributed by atoms with E-state index in [-0.39, 0.29) is 5.75 Å². The van der Waals surface area contributed by atoms with Gasteiger partial charge in [0.1, 0.15) is 12.3 Å². The Hall–Kier alpha value is -2.35. The minimum atomic E-state index is -3.25. The van der Waals surface area contributed by atoms with E-state index in [0.29, 0.717) is 42.8 Å². The average Bonchev–Trinajstić information content (AvgIpc) is 2.95. The standard InChI is InChI=1S/C18H26N4O3S/c1-4-19-18(21-13-17-22-14(2)15(3)25-17)20-11-8-12-26(23,24)16-9-6-5-7-10-16/h5-7,9-10H,4,8,11-13H2,1-3H3,(H2,19,20,21). The van der Waals surface area contributed by atoms with Gasteiger partial charge in [0.2, 0.25) is 5.89 Å². The summed E-state index contributed by atoms with van der Waals surface area (Å²) in [5.74, 6) is 2.04. The Morgan fingerprint density at radius 3 is 2.54 bits per heavy atom. The Morgan fingerprint density at radius 1 is 1.19 bits per heavy atom. The number of hydrogen-bond donors (Lipinski definition) is 2. The fourth-order valence-electron chi connectivity index (χ4n) is 2.31. The lowest BCUT2D eigenvalue weighted by Gasteiger charge is -2.11. The number of benzene rings is 1. The minimum Gasteiger partial charge on any atom is -0.444 e. The first-order valence-corrected chi connectivity index (χ1v) is 10.3. The molecule has 8 heteroatoms. The summed E-state index contributed by atoms with van der Waals surface area (Å²) in [5.41, 5.74) is 0.860. The zero-order valence-corrected chi connectivity index (χ0v) is 16.3. The van der Waals surface area contributed by atoms with Gasteiger partial charge in [-0.2, -0.15) is 0 Å². The zero-order valence-electron chi connectivity index (χ0n) is 15.4. The van der Waals surface area contributed by atoms with Crippen molar-refractivity contribution in [1.29, 1.82) is 0 Å². The minimum absolute atomic E-state index is 0.0849. The molecule has 26 heavy (non-hydrogen) atoms. The molecule has 2 aromatic rings. The molecule has 0 spiro atoms. The first kappa shape index (κ1) is 20.0. The van der Waals surface area contributed by atoms with E-state index in [9.17, 15) is 8.42 Å². The van der Waals surface area contributed by atoms with Crippen LogP contribution in [0.4, 0.5) is 0 Å². The van der Waals surface area contributed by atoms with Gasteiger partial charge in [-0.15, -0.1) is 0 Å². The molecule has 0 bridgehead atoms. The van der Waals surface area contributed by atoms with E-state index in [1.807, 2.05) is 20.8 Å². The quantitative estimate of drug-likeness (QED) is 0.415. The van der Waals surface area contributed by atoms with Crippen molar-refractivity contribution in [3.63, 3.8) is 0 Å². The highest BCUT2D eigenvalue weighted by molar-refractivity contribution is 7.91. The van der Waals surface area contributed by atoms with Crippen LogP contribution in [0.2, 0.25) is 0 Å². The molecule has 1 heterocycles. The number of nitrogens with one attached hydrogen (secondary N) is 2. The van der Waals surface area contributed by atoms with Gasteiger partial charge in [-0.1, -0.05) is 18.2 Å². The van der Waals surface area contributed by atoms with E-state index in [0.717, 1.165) is 11.5 Å². The van der Waals surface area contributed by atoms with E-state index in [4.69, 9.17) is 4.42 Å². The van der Waals surface area contributed by atoms with E-state index >= 15 is 0 Å². The van der Waals surface area contributed by atoms with Gasteiger partial charge < -0.3 is 15.1 Å². The van der Waals surface area contributed by atoms with Crippen LogP contribution in [0.25, 0.3) is 0 Å². The van der Waals surface area contributed by atoms with Crippen LogP contribution in [0.15, 0.2) is 44.6 Å². The maximum atomic E-state index is 12.3. The molecule has 2 rings (SSSR count). The molecule has 0 fully saturated rings. The predicted octanol–water partition coefficient (Wildman–Crippen LogP) is 2.21. The normalized spacial score (nSPS) is 12.2. The lowest BCUT2D eigenvalue weighted by Crippen LogP contribution is -2.38. The van der Waals surface area contributed by atoms with Crippen molar-refractivity contribution < 1.29 is 12.8 Å². The second-order valence-corrected chi connectivity index (χ2v) is 7.97. The number of oxazole rings is 1. The van der Waals surface area contributed by atoms with Crippen molar-refractivity contribution in [2.75, 3.05) is 18.8 Å². The molecule has 0 saturated heterocycles. The van der Waals surface area contributed by atoms with Crippen LogP contribution < -0.4 is 10.6 Å². The van der Waals surface area contributed by atoms with Crippen LogP contribution in [0.1, 0.15) is 30.7 Å². The van der Waals surface area contributed by atoms with Crippen LogP contribution >= 0.6 is 0 Å². The highest BCUT2D eigenvalue weighted by atomic mass is 32.2. The van der Waals surface area contributed by atoms with Crippen LogP contribution in [-0.2, 0) is 16.4 Å². The van der Waals surface area contributed by atoms with Gasteiger partial charge >= 0.3 is 0 Å². The number of nitrogens with zero attached hydrogens (tertiary/aromatic N) is 2. The number of aromatic nitrogens is 1. The maximum absolute atomic E-state index is 12.3. The SMILES string of the molecule is CCNC(=NCc1nc(C)c(C)o1)NCCCS(=O)(=O)c1ccccc1. The van der Waals surface area contributed by atoms with Crippen molar-refractivity contribution in [2.24, 2.45) is 4.99 Å². The van der Waals surface area contributed by atoms with E-state index < -0.39 is 9.84 Å². The number of aryl methyl sites for hydroxylation is 2. The summed E-state index contributed by atoms with van der Waals surface area (Å²) < 4.78 is 30.0. The molecular weight excluding hydrogens is 352 g/mol. The molecule has 0 aliphatic carbocycles. The van der Waals surface area contributed by atoms with Gasteiger partial charge in [0.25, 0.3) is 0 Å². The first-order valence-electron chi connectivity index (χ1n) is 8.65. The Bertz CT molecular complexity index is 810. The summed E-state index contributed by atoms with van der Waals surface area (Å²) in [6, 6.07) is 8.50. The fraction of sp³-hybridized carbons (Fsp3) is 0.444. The van der Waals surface area contributed by atoms with Crippen molar-refractivity contribution in [1.82, 2.24) is 15.6 Å². The number of hydrogen-bond acceptors (Lipinski definition) is 5. The number of sulfone groups is 1. The zero-order chi connectivity index (χ0) is 19.0. The van der Waals surface area contributed by atoms with Crippen molar-refractivity contribution >= 4 is 15.8 Å². The fourth-order valence-corrected chi connectivity index (χ4v) is 3.64. The molecule has 1 aromatic heterocycles. The summed E-state index contributed by atoms with van der Waals surface area (Å²) >= 11 is 0. The molecule has 0 saturated carbocycles. The molecule has 0 amide bonds. The van der Waals surface area contributed by atoms with E-state index in [1.165, 1.54) is 0 Å². The summed E-state index contributed by atoms with van der Waals surface area (Å²) in [7, 11) is -3.25. The third-order valence-corrected chi connectivity index (χ3v) is 5.59. The van der Waals surface area contributed by atoms with Gasteiger partial charge in [-0.3, -0.25) is 0 Å². The Labute approximate surface area is 154 Å². The number of guanidine groups is 1. The second kappa shape index (κ2) is 9.38. The smallest absolute Gasteiger partial charge is 0.216 e. The highest BCUT2D eigenvalue weighted by Gasteiger charge is 2.13. The predicted molar refractivity (Wildman–Crippen MR) is 102 cm³/mol. The molecule has 1 aromatic carbocycles. The summed E-state index contributed by atoms with van der Waals surface area (Å²) in [4.78, 5) is 9.07. The van der Waals surface area contributed by atoms with Crippen LogP contribution in [-0.4, -0.2) is 38.2 Å². The van der Waals surface area contributed by atoms with E-state index in [1.54, 1.807) is 30.3 Å². The van der Waals surface area contributed by atoms with Gasteiger partial charge in [0.05, 0.1) is 16.3 Å². The lowest BCUT2D eigenvalue weighted by molar-refractivity contribution is 0.473. The third-order valence-electron chi connectivity index (χ3n) is 3.77. The number of rotatable bonds is 8. The van der Waals surface area contributed by atoms with Crippen molar-refractivity contribution in [2.45, 2.75) is 38.6 Å². The molecule has 0 atom stereocenters. The Balaban J connectivity index is 1.85. The topological polar surface area (TPSA) is 96.6 Å². The molecule has 2 N–H and O–H groups in total. The average molecular weight is 378 g/mol. The molecule has 142 valence electrons. The molecule has 0 radical (unpaired) electrons. The molecular formula is C18H26N4O3S. The van der Waals surface area contributed by atoms with Gasteiger partial charge in [0, 0.05) is 13.1 Å². The number of aliphatic imine (C=N–C) groups is 1. The maximum Gasteiger partial charge on any atom is 0.216 e.